The third-order valence-corrected chi connectivity index (χ3v) is 8.34. The van der Waals surface area contributed by atoms with E-state index in [4.69, 9.17) is 23.2 Å². The summed E-state index contributed by atoms with van der Waals surface area (Å²) in [6, 6.07) is 9.78. The molecule has 1 N–H and O–H groups in total. The fraction of sp³-hybridized carbons (Fsp3) is 0.300. The van der Waals surface area contributed by atoms with Crippen molar-refractivity contribution in [1.82, 2.24) is 29.7 Å². The minimum Gasteiger partial charge on any atom is -0.332 e. The van der Waals surface area contributed by atoms with Gasteiger partial charge in [0.1, 0.15) is 5.82 Å². The number of fused-ring (bicyclic) bond motifs is 4. The first kappa shape index (κ1) is 28.1. The van der Waals surface area contributed by atoms with Crippen molar-refractivity contribution in [1.29, 1.82) is 0 Å². The number of nitrogens with one attached hydrogen (secondary N) is 1. The molecule has 0 unspecified atom stereocenters. The van der Waals surface area contributed by atoms with Crippen molar-refractivity contribution in [2.45, 2.75) is 38.6 Å². The first-order valence-electron chi connectivity index (χ1n) is 13.7. The Morgan fingerprint density at radius 2 is 1.93 bits per heavy atom. The van der Waals surface area contributed by atoms with Crippen LogP contribution in [0.15, 0.2) is 54.9 Å². The highest BCUT2D eigenvalue weighted by molar-refractivity contribution is 6.31. The van der Waals surface area contributed by atoms with Crippen LogP contribution in [0.5, 0.6) is 0 Å². The van der Waals surface area contributed by atoms with Crippen molar-refractivity contribution < 1.29 is 14.0 Å². The Bertz CT molecular complexity index is 1730. The van der Waals surface area contributed by atoms with Crippen LogP contribution in [-0.2, 0) is 16.6 Å². The number of carbonyl (C=O) groups is 2. The second kappa shape index (κ2) is 11.3. The molecule has 0 aliphatic carbocycles. The molecule has 2 aromatic carbocycles. The summed E-state index contributed by atoms with van der Waals surface area (Å²) in [6.45, 7) is 2.30. The smallest absolute Gasteiger partial charge is 0.247 e. The van der Waals surface area contributed by atoms with E-state index in [1.165, 1.54) is 12.1 Å². The molecule has 6 rings (SSSR count). The molecule has 2 amide bonds. The number of aryl methyl sites for hydroxylation is 1. The minimum atomic E-state index is -0.424. The molecule has 0 fully saturated rings. The van der Waals surface area contributed by atoms with Gasteiger partial charge in [-0.15, -0.1) is 5.10 Å². The van der Waals surface area contributed by atoms with Crippen LogP contribution in [0.3, 0.4) is 0 Å². The fourth-order valence-corrected chi connectivity index (χ4v) is 6.12. The molecule has 2 atom stereocenters. The summed E-state index contributed by atoms with van der Waals surface area (Å²) in [4.78, 5) is 28.5. The van der Waals surface area contributed by atoms with E-state index < -0.39 is 5.82 Å². The van der Waals surface area contributed by atoms with E-state index in [0.717, 1.165) is 11.1 Å². The lowest BCUT2D eigenvalue weighted by Gasteiger charge is -2.35. The highest BCUT2D eigenvalue weighted by Gasteiger charge is 2.30. The molecule has 0 radical (unpaired) electrons. The highest BCUT2D eigenvalue weighted by Crippen LogP contribution is 2.38. The lowest BCUT2D eigenvalue weighted by Crippen LogP contribution is -2.37. The number of nitrogens with zero attached hydrogens (tertiary/aromatic N) is 6. The second-order valence-corrected chi connectivity index (χ2v) is 11.6. The van der Waals surface area contributed by atoms with E-state index in [1.54, 1.807) is 51.9 Å². The average Bonchev–Trinajstić information content (AvgIpc) is 3.55. The number of hydrogen-bond acceptors (Lipinski definition) is 5. The van der Waals surface area contributed by atoms with Crippen LogP contribution >= 0.6 is 23.2 Å². The van der Waals surface area contributed by atoms with Gasteiger partial charge in [-0.25, -0.2) is 9.07 Å². The maximum atomic E-state index is 15.1. The molecule has 0 saturated carbocycles. The zero-order valence-corrected chi connectivity index (χ0v) is 24.5. The monoisotopic (exact) mass is 607 g/mol. The molecule has 2 aromatic heterocycles. The molecular weight excluding hydrogens is 580 g/mol. The summed E-state index contributed by atoms with van der Waals surface area (Å²) in [5.74, 6) is -0.977. The topological polar surface area (TPSA) is 97.9 Å². The van der Waals surface area contributed by atoms with Gasteiger partial charge in [-0.05, 0) is 66.8 Å². The van der Waals surface area contributed by atoms with Gasteiger partial charge in [0.2, 0.25) is 11.8 Å². The first-order valence-corrected chi connectivity index (χ1v) is 14.5. The van der Waals surface area contributed by atoms with Gasteiger partial charge in [-0.2, -0.15) is 5.10 Å². The Kier molecular flexibility index (Phi) is 7.59. The number of aromatic nitrogens is 5. The van der Waals surface area contributed by atoms with Crippen molar-refractivity contribution in [2.24, 2.45) is 13.0 Å². The summed E-state index contributed by atoms with van der Waals surface area (Å²) in [7, 11) is 1.75. The molecule has 42 heavy (non-hydrogen) atoms. The maximum absolute atomic E-state index is 15.1. The molecule has 0 spiro atoms. The largest absolute Gasteiger partial charge is 0.332 e. The summed E-state index contributed by atoms with van der Waals surface area (Å²) < 4.78 is 18.3. The number of carbonyl (C=O) groups excluding carboxylic acids is 2. The van der Waals surface area contributed by atoms with Gasteiger partial charge in [0.25, 0.3) is 0 Å². The lowest BCUT2D eigenvalue weighted by molar-refractivity contribution is -0.129. The van der Waals surface area contributed by atoms with Crippen LogP contribution in [0.1, 0.15) is 49.8 Å². The predicted octanol–water partition coefficient (Wildman–Crippen LogP) is 6.23. The highest BCUT2D eigenvalue weighted by atomic mass is 35.5. The summed E-state index contributed by atoms with van der Waals surface area (Å²) >= 11 is 12.4. The summed E-state index contributed by atoms with van der Waals surface area (Å²) in [6.07, 6.45) is 7.20. The second-order valence-electron chi connectivity index (χ2n) is 10.7. The molecule has 4 aromatic rings. The van der Waals surface area contributed by atoms with Crippen molar-refractivity contribution in [2.75, 3.05) is 11.9 Å². The lowest BCUT2D eigenvalue weighted by atomic mass is 9.91. The van der Waals surface area contributed by atoms with Gasteiger partial charge < -0.3 is 10.2 Å². The van der Waals surface area contributed by atoms with Gasteiger partial charge in [-0.3, -0.25) is 14.3 Å². The van der Waals surface area contributed by atoms with E-state index in [1.807, 2.05) is 19.1 Å². The minimum absolute atomic E-state index is 0.120. The number of rotatable bonds is 3. The van der Waals surface area contributed by atoms with Crippen molar-refractivity contribution in [3.8, 4) is 16.9 Å². The molecule has 12 heteroatoms. The molecule has 0 saturated heterocycles. The van der Waals surface area contributed by atoms with Crippen LogP contribution in [0.25, 0.3) is 22.5 Å². The summed E-state index contributed by atoms with van der Waals surface area (Å²) in [5.41, 5.74) is 4.66. The van der Waals surface area contributed by atoms with E-state index in [9.17, 15) is 9.59 Å². The van der Waals surface area contributed by atoms with E-state index in [-0.39, 0.29) is 28.9 Å². The Labute approximate surface area is 251 Å². The van der Waals surface area contributed by atoms with Crippen LogP contribution in [-0.4, -0.2) is 48.0 Å². The number of anilines is 1. The molecule has 4 heterocycles. The molecule has 216 valence electrons. The average molecular weight is 609 g/mol. The molecular formula is C30H28Cl2FN7O2. The van der Waals surface area contributed by atoms with E-state index in [0.29, 0.717) is 65.4 Å². The van der Waals surface area contributed by atoms with Crippen LogP contribution in [0.2, 0.25) is 10.2 Å². The quantitative estimate of drug-likeness (QED) is 0.298. The van der Waals surface area contributed by atoms with Crippen LogP contribution in [0, 0.1) is 11.7 Å². The number of amides is 2. The Balaban J connectivity index is 1.39. The Hall–Kier alpha value is -4.02. The molecule has 2 aliphatic heterocycles. The van der Waals surface area contributed by atoms with Crippen LogP contribution < -0.4 is 5.32 Å². The fourth-order valence-electron chi connectivity index (χ4n) is 5.82. The first-order chi connectivity index (χ1) is 20.2. The van der Waals surface area contributed by atoms with Gasteiger partial charge in [0.15, 0.2) is 5.15 Å². The zero-order chi connectivity index (χ0) is 29.5. The van der Waals surface area contributed by atoms with Gasteiger partial charge in [-0.1, -0.05) is 41.8 Å². The zero-order valence-electron chi connectivity index (χ0n) is 23.0. The molecule has 2 aliphatic rings. The van der Waals surface area contributed by atoms with Crippen molar-refractivity contribution in [3.63, 3.8) is 0 Å². The Morgan fingerprint density at radius 3 is 2.69 bits per heavy atom. The van der Waals surface area contributed by atoms with E-state index >= 15 is 4.39 Å². The van der Waals surface area contributed by atoms with Crippen LogP contribution in [0.4, 0.5) is 10.1 Å². The summed E-state index contributed by atoms with van der Waals surface area (Å²) in [5, 5.41) is 16.0. The van der Waals surface area contributed by atoms with Crippen molar-refractivity contribution >= 4 is 46.3 Å². The standard InChI is InChI=1S/C30H28Cl2FN7O2/c1-17-4-3-5-25(19-10-20(12-22(33)11-19)29-24(35-30(17)42)15-34-38(29)2)39-9-8-18(13-28(39)41)23-14-21(31)6-7-26(23)40-16-27(32)36-37-40/h6-7,10-17,25H,3-5,8-9H2,1-2H3,(H,35,42)/t17-,25+/m1/s1. The number of halogens is 3. The molecule has 2 bridgehead atoms. The van der Waals surface area contributed by atoms with E-state index in [2.05, 4.69) is 20.7 Å². The predicted molar refractivity (Wildman–Crippen MR) is 159 cm³/mol. The van der Waals surface area contributed by atoms with Gasteiger partial charge in [0, 0.05) is 41.7 Å². The SMILES string of the molecule is C[C@@H]1CCC[C@H](N2CCC(c3cc(Cl)ccc3-n3cc(Cl)nn3)=CC2=O)c2cc(F)cc(c2)-c2c(cnn2C)NC1=O. The normalized spacial score (nSPS) is 19.5. The third kappa shape index (κ3) is 5.44. The number of hydrogen-bond donors (Lipinski definition) is 1. The maximum Gasteiger partial charge on any atom is 0.247 e. The Morgan fingerprint density at radius 1 is 1.10 bits per heavy atom. The van der Waals surface area contributed by atoms with Gasteiger partial charge in [0.05, 0.1) is 35.5 Å². The number of benzene rings is 2. The van der Waals surface area contributed by atoms with Gasteiger partial charge >= 0.3 is 0 Å². The van der Waals surface area contributed by atoms with Crippen molar-refractivity contribution in [3.05, 3.63) is 82.0 Å². The molecule has 9 nitrogen and oxygen atoms in total. The third-order valence-electron chi connectivity index (χ3n) is 7.93.